The molecule has 10 nitrogen and oxygen atoms in total. The number of ether oxygens (including phenoxy) is 2. The molecular weight excluding hydrogens is 530 g/mol. The van der Waals surface area contributed by atoms with Crippen LogP contribution in [-0.2, 0) is 27.7 Å². The van der Waals surface area contributed by atoms with Gasteiger partial charge in [-0.2, -0.15) is 0 Å². The molecule has 4 aromatic rings. The Hall–Kier alpha value is -3.93. The van der Waals surface area contributed by atoms with Crippen molar-refractivity contribution in [3.63, 3.8) is 0 Å². The monoisotopic (exact) mass is 559 g/mol. The summed E-state index contributed by atoms with van der Waals surface area (Å²) in [4.78, 5) is 29.2. The van der Waals surface area contributed by atoms with E-state index in [1.54, 1.807) is 18.3 Å². The molecule has 0 unspecified atom stereocenters. The van der Waals surface area contributed by atoms with Gasteiger partial charge in [0, 0.05) is 36.3 Å². The van der Waals surface area contributed by atoms with Gasteiger partial charge in [-0.1, -0.05) is 12.1 Å². The molecule has 40 heavy (non-hydrogen) atoms. The molecule has 2 aliphatic heterocycles. The van der Waals surface area contributed by atoms with Crippen LogP contribution in [0.5, 0.6) is 5.88 Å². The maximum absolute atomic E-state index is 12.9. The molecule has 1 fully saturated rings. The van der Waals surface area contributed by atoms with Gasteiger partial charge in [-0.25, -0.2) is 18.4 Å². The van der Waals surface area contributed by atoms with Crippen molar-refractivity contribution in [1.29, 1.82) is 0 Å². The smallest absolute Gasteiger partial charge is 0.251 e. The number of amides is 1. The Balaban J connectivity index is 1.17. The molecule has 0 bridgehead atoms. The fraction of sp³-hybridized carbons (Fsp3) is 0.310. The van der Waals surface area contributed by atoms with Crippen molar-refractivity contribution in [3.8, 4) is 17.3 Å². The summed E-state index contributed by atoms with van der Waals surface area (Å²) in [5.41, 5.74) is 3.58. The fourth-order valence-corrected chi connectivity index (χ4v) is 6.31. The first kappa shape index (κ1) is 26.3. The number of carbonyl (C=O) groups excluding carboxylic acids is 1. The third-order valence-corrected chi connectivity index (χ3v) is 8.85. The second kappa shape index (κ2) is 10.9. The first-order chi connectivity index (χ1) is 19.3. The highest BCUT2D eigenvalue weighted by atomic mass is 32.2. The van der Waals surface area contributed by atoms with Crippen LogP contribution in [0.1, 0.15) is 28.0 Å². The Kier molecular flexibility index (Phi) is 7.18. The van der Waals surface area contributed by atoms with Gasteiger partial charge in [-0.05, 0) is 55.4 Å². The molecule has 5 heterocycles. The molecule has 1 N–H and O–H groups in total. The summed E-state index contributed by atoms with van der Waals surface area (Å²) >= 11 is 0. The minimum Gasteiger partial charge on any atom is -0.473 e. The van der Waals surface area contributed by atoms with Crippen LogP contribution in [0.25, 0.3) is 22.3 Å². The number of likely N-dealkylation sites (tertiary alicyclic amines) is 1. The Bertz CT molecular complexity index is 1690. The molecule has 1 saturated heterocycles. The zero-order valence-corrected chi connectivity index (χ0v) is 22.9. The highest BCUT2D eigenvalue weighted by Gasteiger charge is 2.24. The van der Waals surface area contributed by atoms with Crippen LogP contribution in [0, 0.1) is 0 Å². The summed E-state index contributed by atoms with van der Waals surface area (Å²) in [5.74, 6) is 0.0867. The highest BCUT2D eigenvalue weighted by molar-refractivity contribution is 7.91. The van der Waals surface area contributed by atoms with Gasteiger partial charge in [0.05, 0.1) is 53.0 Å². The molecule has 1 aromatic carbocycles. The lowest BCUT2D eigenvalue weighted by atomic mass is 10.1. The van der Waals surface area contributed by atoms with Crippen molar-refractivity contribution in [2.45, 2.75) is 30.6 Å². The van der Waals surface area contributed by atoms with Gasteiger partial charge in [-0.3, -0.25) is 9.78 Å². The van der Waals surface area contributed by atoms with Gasteiger partial charge in [0.15, 0.2) is 9.84 Å². The van der Waals surface area contributed by atoms with E-state index >= 15 is 0 Å². The molecule has 6 rings (SSSR count). The second-order valence-electron chi connectivity index (χ2n) is 10.1. The van der Waals surface area contributed by atoms with Gasteiger partial charge in [0.1, 0.15) is 6.10 Å². The standard InChI is InChI=1S/C29H29N5O5S/c1-34-10-9-23(17-34)39-28-4-2-3-24(33-28)25-8-7-20-15-30-22(14-26(20)32-25)16-31-29(35)19-5-6-21-18-38-11-12-40(36,37)27(21)13-19/h2-8,13-15,23H,9-12,16-18H2,1H3,(H,31,35)/t23-/m0/s1. The van der Waals surface area contributed by atoms with Crippen LogP contribution >= 0.6 is 0 Å². The van der Waals surface area contributed by atoms with E-state index in [0.29, 0.717) is 28.5 Å². The number of hydrogen-bond donors (Lipinski definition) is 1. The molecule has 206 valence electrons. The second-order valence-corrected chi connectivity index (χ2v) is 12.2. The van der Waals surface area contributed by atoms with Crippen molar-refractivity contribution in [3.05, 3.63) is 77.6 Å². The van der Waals surface area contributed by atoms with Crippen molar-refractivity contribution in [2.24, 2.45) is 0 Å². The molecule has 1 amide bonds. The number of benzene rings is 1. The molecule has 3 aromatic heterocycles. The first-order valence-corrected chi connectivity index (χ1v) is 14.8. The zero-order chi connectivity index (χ0) is 27.7. The van der Waals surface area contributed by atoms with Crippen LogP contribution in [0.15, 0.2) is 65.7 Å². The number of nitrogens with zero attached hydrogens (tertiary/aromatic N) is 4. The number of pyridine rings is 3. The maximum Gasteiger partial charge on any atom is 0.251 e. The maximum atomic E-state index is 12.9. The molecule has 0 radical (unpaired) electrons. The third kappa shape index (κ3) is 5.67. The molecule has 1 atom stereocenters. The lowest BCUT2D eigenvalue weighted by molar-refractivity contribution is 0.0950. The molecule has 2 aliphatic rings. The van der Waals surface area contributed by atoms with Crippen LogP contribution in [-0.4, -0.2) is 72.8 Å². The average Bonchev–Trinajstić information content (AvgIpc) is 3.30. The summed E-state index contributed by atoms with van der Waals surface area (Å²) in [5, 5.41) is 3.69. The normalized spacial score (nSPS) is 18.7. The molecular formula is C29H29N5O5S. The predicted molar refractivity (Wildman–Crippen MR) is 149 cm³/mol. The fourth-order valence-electron chi connectivity index (χ4n) is 4.92. The number of likely N-dealkylation sites (N-methyl/N-ethyl adjacent to an activating group) is 1. The third-order valence-electron chi connectivity index (χ3n) is 7.10. The van der Waals surface area contributed by atoms with Crippen LogP contribution in [0.2, 0.25) is 0 Å². The number of carbonyl (C=O) groups is 1. The van der Waals surface area contributed by atoms with E-state index in [0.717, 1.165) is 30.4 Å². The van der Waals surface area contributed by atoms with Gasteiger partial charge >= 0.3 is 0 Å². The topological polar surface area (TPSA) is 124 Å². The van der Waals surface area contributed by atoms with Gasteiger partial charge < -0.3 is 19.7 Å². The number of aromatic nitrogens is 3. The minimum absolute atomic E-state index is 0.105. The average molecular weight is 560 g/mol. The van der Waals surface area contributed by atoms with Crippen molar-refractivity contribution >= 4 is 26.6 Å². The summed E-state index contributed by atoms with van der Waals surface area (Å²) in [6, 6.07) is 16.0. The lowest BCUT2D eigenvalue weighted by Crippen LogP contribution is -2.23. The molecule has 11 heteroatoms. The predicted octanol–water partition coefficient (Wildman–Crippen LogP) is 3.01. The lowest BCUT2D eigenvalue weighted by Gasteiger charge is -2.13. The van der Waals surface area contributed by atoms with E-state index in [1.807, 2.05) is 36.4 Å². The van der Waals surface area contributed by atoms with E-state index in [1.165, 1.54) is 6.07 Å². The number of sulfone groups is 1. The van der Waals surface area contributed by atoms with Crippen molar-refractivity contribution in [2.75, 3.05) is 32.5 Å². The first-order valence-electron chi connectivity index (χ1n) is 13.1. The quantitative estimate of drug-likeness (QED) is 0.380. The summed E-state index contributed by atoms with van der Waals surface area (Å²) in [6.07, 6.45) is 2.82. The SMILES string of the molecule is CN1CC[C@H](Oc2cccc(-c3ccc4cnc(CNC(=O)c5ccc6c(c5)S(=O)(=O)CCOC6)cc4n3)n2)C1. The number of hydrogen-bond acceptors (Lipinski definition) is 9. The van der Waals surface area contributed by atoms with Crippen molar-refractivity contribution < 1.29 is 22.7 Å². The number of fused-ring (bicyclic) bond motifs is 2. The Morgan fingerprint density at radius 1 is 1.12 bits per heavy atom. The molecule has 0 saturated carbocycles. The van der Waals surface area contributed by atoms with E-state index in [4.69, 9.17) is 14.5 Å². The molecule has 0 aliphatic carbocycles. The van der Waals surface area contributed by atoms with Gasteiger partial charge in [0.25, 0.3) is 5.91 Å². The van der Waals surface area contributed by atoms with Crippen LogP contribution in [0.4, 0.5) is 0 Å². The Morgan fingerprint density at radius 3 is 2.85 bits per heavy atom. The van der Waals surface area contributed by atoms with Gasteiger partial charge in [0.2, 0.25) is 5.88 Å². The largest absolute Gasteiger partial charge is 0.473 e. The van der Waals surface area contributed by atoms with Crippen LogP contribution < -0.4 is 10.1 Å². The Morgan fingerprint density at radius 2 is 2.00 bits per heavy atom. The van der Waals surface area contributed by atoms with Crippen LogP contribution in [0.3, 0.4) is 0 Å². The molecule has 0 spiro atoms. The van der Waals surface area contributed by atoms with Gasteiger partial charge in [-0.15, -0.1) is 0 Å². The van der Waals surface area contributed by atoms with E-state index < -0.39 is 9.84 Å². The number of nitrogens with one attached hydrogen (secondary N) is 1. The summed E-state index contributed by atoms with van der Waals surface area (Å²) in [6.45, 7) is 2.39. The van der Waals surface area contributed by atoms with E-state index in [9.17, 15) is 13.2 Å². The van der Waals surface area contributed by atoms with Crippen molar-refractivity contribution in [1.82, 2.24) is 25.2 Å². The zero-order valence-electron chi connectivity index (χ0n) is 22.0. The summed E-state index contributed by atoms with van der Waals surface area (Å²) in [7, 11) is -1.42. The summed E-state index contributed by atoms with van der Waals surface area (Å²) < 4.78 is 36.6. The minimum atomic E-state index is -3.50. The Labute approximate surface area is 232 Å². The van der Waals surface area contributed by atoms with E-state index in [2.05, 4.69) is 27.2 Å². The number of rotatable bonds is 6. The van der Waals surface area contributed by atoms with E-state index in [-0.39, 0.29) is 48.0 Å². The highest BCUT2D eigenvalue weighted by Crippen LogP contribution is 2.25.